The van der Waals surface area contributed by atoms with Gasteiger partial charge in [0.1, 0.15) is 12.6 Å². The Bertz CT molecular complexity index is 1140. The predicted octanol–water partition coefficient (Wildman–Crippen LogP) is 2.03. The van der Waals surface area contributed by atoms with Crippen LogP contribution in [0.25, 0.3) is 4.85 Å². The van der Waals surface area contributed by atoms with E-state index < -0.39 is 23.5 Å². The molecule has 1 aromatic heterocycles. The number of amides is 1. The van der Waals surface area contributed by atoms with Crippen LogP contribution >= 0.6 is 0 Å². The molecule has 0 aliphatic heterocycles. The van der Waals surface area contributed by atoms with E-state index in [1.54, 1.807) is 32.0 Å². The number of carbonyl (C=O) groups is 1. The van der Waals surface area contributed by atoms with Crippen molar-refractivity contribution in [2.45, 2.75) is 38.1 Å². The Balaban J connectivity index is 1.81. The van der Waals surface area contributed by atoms with Gasteiger partial charge in [-0.1, -0.05) is 42.5 Å². The molecule has 2 aromatic carbocycles. The highest BCUT2D eigenvalue weighted by Crippen LogP contribution is 2.26. The number of rotatable bonds is 12. The van der Waals surface area contributed by atoms with Crippen molar-refractivity contribution >= 4 is 5.91 Å². The predicted molar refractivity (Wildman–Crippen MR) is 127 cm³/mol. The lowest BCUT2D eigenvalue weighted by Crippen LogP contribution is -2.51. The molecule has 3 rings (SSSR count). The maximum atomic E-state index is 12.7. The summed E-state index contributed by atoms with van der Waals surface area (Å²) < 4.78 is 13.0. The fraction of sp³-hybridized carbons (Fsp3) is 0.375. The Morgan fingerprint density at radius 2 is 1.91 bits per heavy atom. The minimum absolute atomic E-state index is 0.0134. The fourth-order valence-electron chi connectivity index (χ4n) is 3.16. The van der Waals surface area contributed by atoms with Gasteiger partial charge in [-0.2, -0.15) is 0 Å². The molecule has 0 spiro atoms. The van der Waals surface area contributed by atoms with Gasteiger partial charge in [-0.25, -0.2) is 11.3 Å². The van der Waals surface area contributed by atoms with Gasteiger partial charge in [-0.15, -0.1) is 5.10 Å². The van der Waals surface area contributed by atoms with Crippen LogP contribution in [0.1, 0.15) is 37.3 Å². The number of hydrogen-bond acceptors (Lipinski definition) is 8. The van der Waals surface area contributed by atoms with Crippen molar-refractivity contribution in [2.24, 2.45) is 5.73 Å². The number of nitrogens with one attached hydrogen (secondary N) is 1. The first-order valence-corrected chi connectivity index (χ1v) is 11.0. The molecule has 0 saturated carbocycles. The molecule has 4 N–H and O–H groups in total. The number of tetrazole rings is 1. The van der Waals surface area contributed by atoms with E-state index in [4.69, 9.17) is 21.8 Å². The topological polar surface area (TPSA) is 142 Å². The molecule has 0 fully saturated rings. The first-order chi connectivity index (χ1) is 16.8. The zero-order chi connectivity index (χ0) is 25.3. The second-order valence-electron chi connectivity index (χ2n) is 8.50. The molecule has 1 heterocycles. The van der Waals surface area contributed by atoms with Crippen molar-refractivity contribution in [3.63, 3.8) is 0 Å². The normalized spacial score (nSPS) is 13.0. The lowest BCUT2D eigenvalue weighted by Gasteiger charge is -2.25. The SMILES string of the molecule is [C-]#[N+]C[C@H](COc1ccccc1O)n1nnnc1[C@@H](COCc1ccccc1)NC(=O)C(C)(C)N. The fourth-order valence-corrected chi connectivity index (χ4v) is 3.16. The molecule has 1 amide bonds. The molecule has 0 radical (unpaired) electrons. The number of nitrogens with zero attached hydrogens (tertiary/aromatic N) is 5. The van der Waals surface area contributed by atoms with Gasteiger partial charge in [0.15, 0.2) is 23.4 Å². The van der Waals surface area contributed by atoms with E-state index in [1.165, 1.54) is 10.7 Å². The molecule has 0 aliphatic carbocycles. The molecule has 11 nitrogen and oxygen atoms in total. The summed E-state index contributed by atoms with van der Waals surface area (Å²) in [6.45, 7) is 11.0. The summed E-state index contributed by atoms with van der Waals surface area (Å²) in [5.41, 5.74) is 5.81. The molecule has 2 atom stereocenters. The molecule has 35 heavy (non-hydrogen) atoms. The highest BCUT2D eigenvalue weighted by Gasteiger charge is 2.31. The Morgan fingerprint density at radius 3 is 2.60 bits per heavy atom. The Labute approximate surface area is 203 Å². The molecule has 11 heteroatoms. The van der Waals surface area contributed by atoms with Gasteiger partial charge in [0, 0.05) is 0 Å². The van der Waals surface area contributed by atoms with Crippen molar-refractivity contribution in [2.75, 3.05) is 19.8 Å². The van der Waals surface area contributed by atoms with Crippen LogP contribution < -0.4 is 15.8 Å². The van der Waals surface area contributed by atoms with E-state index in [0.29, 0.717) is 12.4 Å². The minimum Gasteiger partial charge on any atom is -0.504 e. The second kappa shape index (κ2) is 11.9. The number of phenolic OH excluding ortho intramolecular Hbond substituents is 1. The number of benzene rings is 2. The standard InChI is InChI=1S/C24H29N7O4/c1-24(2,25)23(33)27-19(16-34-14-17-9-5-4-6-10-17)22-28-29-30-31(22)18(13-26-3)15-35-21-12-8-7-11-20(21)32/h4-12,18-19,32H,13-16,25H2,1-2H3,(H,27,33)/t18-,19-/m1/s1. The van der Waals surface area contributed by atoms with Crippen molar-refractivity contribution in [3.8, 4) is 11.5 Å². The number of nitrogens with two attached hydrogens (primary N) is 1. The van der Waals surface area contributed by atoms with Crippen LogP contribution in [0.15, 0.2) is 54.6 Å². The molecular formula is C24H29N7O4. The lowest BCUT2D eigenvalue weighted by atomic mass is 10.1. The number of aromatic nitrogens is 4. The average Bonchev–Trinajstić information content (AvgIpc) is 3.31. The molecule has 3 aromatic rings. The summed E-state index contributed by atoms with van der Waals surface area (Å²) >= 11 is 0. The third kappa shape index (κ3) is 7.23. The lowest BCUT2D eigenvalue weighted by molar-refractivity contribution is -0.126. The van der Waals surface area contributed by atoms with Gasteiger partial charge >= 0.3 is 0 Å². The minimum atomic E-state index is -1.14. The molecule has 0 bridgehead atoms. The van der Waals surface area contributed by atoms with Gasteiger partial charge in [0.05, 0.1) is 18.8 Å². The number of hydrogen-bond donors (Lipinski definition) is 3. The number of ether oxygens (including phenoxy) is 2. The Hall–Kier alpha value is -4.01. The molecular weight excluding hydrogens is 450 g/mol. The van der Waals surface area contributed by atoms with E-state index in [9.17, 15) is 9.90 Å². The second-order valence-corrected chi connectivity index (χ2v) is 8.50. The van der Waals surface area contributed by atoms with Crippen molar-refractivity contribution in [1.82, 2.24) is 25.5 Å². The first kappa shape index (κ1) is 25.6. The molecule has 0 saturated heterocycles. The number of carbonyl (C=O) groups excluding carboxylic acids is 1. The van der Waals surface area contributed by atoms with Crippen LogP contribution in [-0.2, 0) is 16.1 Å². The van der Waals surface area contributed by atoms with E-state index >= 15 is 0 Å². The molecule has 0 unspecified atom stereocenters. The third-order valence-electron chi connectivity index (χ3n) is 5.06. The number of phenols is 1. The van der Waals surface area contributed by atoms with Gasteiger partial charge < -0.3 is 30.5 Å². The maximum Gasteiger partial charge on any atom is 0.240 e. The van der Waals surface area contributed by atoms with Crippen molar-refractivity contribution in [1.29, 1.82) is 0 Å². The third-order valence-corrected chi connectivity index (χ3v) is 5.06. The van der Waals surface area contributed by atoms with Gasteiger partial charge in [0.2, 0.25) is 12.5 Å². The van der Waals surface area contributed by atoms with E-state index in [2.05, 4.69) is 25.7 Å². The summed E-state index contributed by atoms with van der Waals surface area (Å²) in [7, 11) is 0. The zero-order valence-corrected chi connectivity index (χ0v) is 19.7. The number of para-hydroxylation sites is 2. The summed E-state index contributed by atoms with van der Waals surface area (Å²) in [5.74, 6) is 0.145. The van der Waals surface area contributed by atoms with Crippen LogP contribution in [0, 0.1) is 6.57 Å². The first-order valence-electron chi connectivity index (χ1n) is 11.0. The highest BCUT2D eigenvalue weighted by atomic mass is 16.5. The maximum absolute atomic E-state index is 12.7. The number of aromatic hydroxyl groups is 1. The summed E-state index contributed by atoms with van der Waals surface area (Å²) in [4.78, 5) is 16.2. The van der Waals surface area contributed by atoms with E-state index in [1.807, 2.05) is 30.3 Å². The summed E-state index contributed by atoms with van der Waals surface area (Å²) in [6, 6.07) is 14.8. The van der Waals surface area contributed by atoms with Gasteiger partial charge in [-0.3, -0.25) is 4.79 Å². The summed E-state index contributed by atoms with van der Waals surface area (Å²) in [5, 5.41) is 24.8. The average molecular weight is 480 g/mol. The quantitative estimate of drug-likeness (QED) is 0.335. The van der Waals surface area contributed by atoms with Crippen LogP contribution in [-0.4, -0.2) is 56.5 Å². The monoisotopic (exact) mass is 479 g/mol. The zero-order valence-electron chi connectivity index (χ0n) is 19.7. The van der Waals surface area contributed by atoms with Crippen LogP contribution in [0.5, 0.6) is 11.5 Å². The Morgan fingerprint density at radius 1 is 1.20 bits per heavy atom. The van der Waals surface area contributed by atoms with Crippen LogP contribution in [0.3, 0.4) is 0 Å². The van der Waals surface area contributed by atoms with Crippen LogP contribution in [0.2, 0.25) is 0 Å². The molecule has 0 aliphatic rings. The highest BCUT2D eigenvalue weighted by molar-refractivity contribution is 5.85. The molecule has 184 valence electrons. The summed E-state index contributed by atoms with van der Waals surface area (Å²) in [6.07, 6.45) is 0. The smallest absolute Gasteiger partial charge is 0.240 e. The van der Waals surface area contributed by atoms with Crippen molar-refractivity contribution in [3.05, 3.63) is 77.4 Å². The van der Waals surface area contributed by atoms with Gasteiger partial charge in [-0.05, 0) is 42.0 Å². The van der Waals surface area contributed by atoms with E-state index in [0.717, 1.165) is 5.56 Å². The van der Waals surface area contributed by atoms with Gasteiger partial charge in [0.25, 0.3) is 0 Å². The largest absolute Gasteiger partial charge is 0.504 e. The Kier molecular flexibility index (Phi) is 8.72. The van der Waals surface area contributed by atoms with Crippen LogP contribution in [0.4, 0.5) is 0 Å². The van der Waals surface area contributed by atoms with E-state index in [-0.39, 0.29) is 31.3 Å². The van der Waals surface area contributed by atoms with Crippen molar-refractivity contribution < 1.29 is 19.4 Å².